The zero-order valence-electron chi connectivity index (χ0n) is 17.3. The molecular weight excluding hydrogens is 465 g/mol. The average Bonchev–Trinajstić information content (AvgIpc) is 3.18. The summed E-state index contributed by atoms with van der Waals surface area (Å²) in [6, 6.07) is 4.72. The van der Waals surface area contributed by atoms with Gasteiger partial charge in [-0.15, -0.1) is 24.0 Å². The van der Waals surface area contributed by atoms with Crippen LogP contribution in [0.1, 0.15) is 37.4 Å². The van der Waals surface area contributed by atoms with Gasteiger partial charge >= 0.3 is 0 Å². The van der Waals surface area contributed by atoms with Gasteiger partial charge in [0.2, 0.25) is 0 Å². The molecule has 0 amide bonds. The molecule has 6 nitrogen and oxygen atoms in total. The molecule has 1 unspecified atom stereocenters. The van der Waals surface area contributed by atoms with Crippen molar-refractivity contribution in [3.63, 3.8) is 0 Å². The van der Waals surface area contributed by atoms with Gasteiger partial charge in [0.25, 0.3) is 0 Å². The zero-order valence-corrected chi connectivity index (χ0v) is 19.7. The first kappa shape index (κ1) is 23.3. The van der Waals surface area contributed by atoms with Crippen molar-refractivity contribution in [3.05, 3.63) is 29.6 Å². The van der Waals surface area contributed by atoms with Crippen molar-refractivity contribution in [3.8, 4) is 0 Å². The number of nitrogens with zero attached hydrogens (tertiary/aromatic N) is 3. The summed E-state index contributed by atoms with van der Waals surface area (Å²) in [5.74, 6) is 1.69. The van der Waals surface area contributed by atoms with Crippen LogP contribution in [0.3, 0.4) is 0 Å². The lowest BCUT2D eigenvalue weighted by Gasteiger charge is -2.34. The van der Waals surface area contributed by atoms with Crippen molar-refractivity contribution in [2.24, 2.45) is 10.9 Å². The van der Waals surface area contributed by atoms with Gasteiger partial charge in [0.05, 0.1) is 6.61 Å². The van der Waals surface area contributed by atoms with Gasteiger partial charge in [0, 0.05) is 57.3 Å². The fourth-order valence-electron chi connectivity index (χ4n) is 3.81. The monoisotopic (exact) mass is 501 g/mol. The standard InChI is InChI=1S/C21H35N5O.HI/c1-3-22-21(23-10-6-18-5-4-17(2)24-14-18)25-20-7-11-26(12-8-20)15-19-9-13-27-16-19;/h4-5,14,19-20H,3,6-13,15-16H2,1-2H3,(H2,22,23,25);1H. The third-order valence-electron chi connectivity index (χ3n) is 5.46. The highest BCUT2D eigenvalue weighted by molar-refractivity contribution is 14.0. The largest absolute Gasteiger partial charge is 0.381 e. The highest BCUT2D eigenvalue weighted by Crippen LogP contribution is 2.17. The van der Waals surface area contributed by atoms with Crippen LogP contribution in [0.5, 0.6) is 0 Å². The van der Waals surface area contributed by atoms with E-state index in [0.717, 1.165) is 50.3 Å². The average molecular weight is 501 g/mol. The summed E-state index contributed by atoms with van der Waals surface area (Å²) in [5.41, 5.74) is 2.30. The number of pyridine rings is 1. The Bertz CT molecular complexity index is 581. The fraction of sp³-hybridized carbons (Fsp3) is 0.714. The topological polar surface area (TPSA) is 61.8 Å². The number of hydrogen-bond donors (Lipinski definition) is 2. The molecule has 2 N–H and O–H groups in total. The maximum Gasteiger partial charge on any atom is 0.191 e. The van der Waals surface area contributed by atoms with Crippen molar-refractivity contribution in [2.45, 2.75) is 45.6 Å². The van der Waals surface area contributed by atoms with Gasteiger partial charge in [0.15, 0.2) is 5.96 Å². The fourth-order valence-corrected chi connectivity index (χ4v) is 3.81. The maximum absolute atomic E-state index is 5.51. The zero-order chi connectivity index (χ0) is 18.9. The number of aromatic nitrogens is 1. The number of rotatable bonds is 7. The van der Waals surface area contributed by atoms with E-state index in [1.54, 1.807) is 0 Å². The molecule has 158 valence electrons. The predicted molar refractivity (Wildman–Crippen MR) is 126 cm³/mol. The summed E-state index contributed by atoms with van der Waals surface area (Å²) in [7, 11) is 0. The lowest BCUT2D eigenvalue weighted by Crippen LogP contribution is -2.49. The van der Waals surface area contributed by atoms with E-state index in [2.05, 4.69) is 39.6 Å². The lowest BCUT2D eigenvalue weighted by molar-refractivity contribution is 0.150. The number of aryl methyl sites for hydroxylation is 1. The molecule has 0 radical (unpaired) electrons. The van der Waals surface area contributed by atoms with Crippen LogP contribution in [0.2, 0.25) is 0 Å². The highest BCUT2D eigenvalue weighted by atomic mass is 127. The van der Waals surface area contributed by atoms with Crippen molar-refractivity contribution in [1.82, 2.24) is 20.5 Å². The number of hydrogen-bond acceptors (Lipinski definition) is 4. The van der Waals surface area contributed by atoms with E-state index in [0.29, 0.717) is 6.04 Å². The summed E-state index contributed by atoms with van der Waals surface area (Å²) in [4.78, 5) is 11.7. The minimum atomic E-state index is 0. The van der Waals surface area contributed by atoms with E-state index in [1.807, 2.05) is 13.1 Å². The summed E-state index contributed by atoms with van der Waals surface area (Å²) in [6.07, 6.45) is 6.47. The van der Waals surface area contributed by atoms with Gasteiger partial charge in [-0.1, -0.05) is 6.07 Å². The van der Waals surface area contributed by atoms with E-state index in [-0.39, 0.29) is 24.0 Å². The number of aliphatic imine (C=N–C) groups is 1. The van der Waals surface area contributed by atoms with Gasteiger partial charge < -0.3 is 20.3 Å². The molecule has 0 aromatic carbocycles. The first-order valence-corrected chi connectivity index (χ1v) is 10.5. The molecule has 1 aromatic heterocycles. The van der Waals surface area contributed by atoms with Gasteiger partial charge in [-0.25, -0.2) is 0 Å². The van der Waals surface area contributed by atoms with Crippen LogP contribution in [-0.4, -0.2) is 67.8 Å². The van der Waals surface area contributed by atoms with Crippen LogP contribution in [0, 0.1) is 12.8 Å². The van der Waals surface area contributed by atoms with E-state index in [4.69, 9.17) is 9.73 Å². The number of guanidine groups is 1. The third-order valence-corrected chi connectivity index (χ3v) is 5.46. The van der Waals surface area contributed by atoms with Crippen molar-refractivity contribution in [1.29, 1.82) is 0 Å². The molecule has 1 aromatic rings. The molecule has 3 rings (SSSR count). The summed E-state index contributed by atoms with van der Waals surface area (Å²) in [5, 5.41) is 7.03. The summed E-state index contributed by atoms with van der Waals surface area (Å²) in [6.45, 7) is 11.2. The number of likely N-dealkylation sites (tertiary alicyclic amines) is 1. The minimum Gasteiger partial charge on any atom is -0.381 e. The Kier molecular flexibility index (Phi) is 10.5. The summed E-state index contributed by atoms with van der Waals surface area (Å²) < 4.78 is 5.51. The Morgan fingerprint density at radius 3 is 2.75 bits per heavy atom. The first-order chi connectivity index (χ1) is 13.2. The first-order valence-electron chi connectivity index (χ1n) is 10.5. The smallest absolute Gasteiger partial charge is 0.191 e. The number of nitrogens with one attached hydrogen (secondary N) is 2. The molecule has 0 saturated carbocycles. The van der Waals surface area contributed by atoms with Gasteiger partial charge in [0.1, 0.15) is 0 Å². The van der Waals surface area contributed by atoms with Crippen LogP contribution >= 0.6 is 24.0 Å². The molecule has 1 atom stereocenters. The van der Waals surface area contributed by atoms with Crippen LogP contribution in [0.4, 0.5) is 0 Å². The molecule has 0 aliphatic carbocycles. The molecule has 0 bridgehead atoms. The van der Waals surface area contributed by atoms with Gasteiger partial charge in [-0.05, 0) is 57.1 Å². The minimum absolute atomic E-state index is 0. The Balaban J connectivity index is 0.00000280. The number of halogens is 1. The predicted octanol–water partition coefficient (Wildman–Crippen LogP) is 2.61. The van der Waals surface area contributed by atoms with Crippen molar-refractivity contribution < 1.29 is 4.74 Å². The van der Waals surface area contributed by atoms with Gasteiger partial charge in [-0.2, -0.15) is 0 Å². The van der Waals surface area contributed by atoms with Crippen LogP contribution in [-0.2, 0) is 11.2 Å². The van der Waals surface area contributed by atoms with Crippen molar-refractivity contribution >= 4 is 29.9 Å². The SMILES string of the molecule is CCNC(=NCCc1ccc(C)nc1)NC1CCN(CC2CCOC2)CC1.I. The Hall–Kier alpha value is -0.930. The second-order valence-electron chi connectivity index (χ2n) is 7.77. The molecule has 3 heterocycles. The van der Waals surface area contributed by atoms with Crippen LogP contribution in [0.25, 0.3) is 0 Å². The molecule has 2 fully saturated rings. The lowest BCUT2D eigenvalue weighted by atomic mass is 10.0. The molecule has 7 heteroatoms. The second kappa shape index (κ2) is 12.6. The van der Waals surface area contributed by atoms with E-state index in [1.165, 1.54) is 44.5 Å². The van der Waals surface area contributed by atoms with Crippen LogP contribution in [0.15, 0.2) is 23.3 Å². The third kappa shape index (κ3) is 7.83. The van der Waals surface area contributed by atoms with Gasteiger partial charge in [-0.3, -0.25) is 9.98 Å². The normalized spacial score (nSPS) is 21.4. The second-order valence-corrected chi connectivity index (χ2v) is 7.77. The highest BCUT2D eigenvalue weighted by Gasteiger charge is 2.24. The molecule has 2 saturated heterocycles. The molecule has 0 spiro atoms. The molecule has 28 heavy (non-hydrogen) atoms. The van der Waals surface area contributed by atoms with Crippen LogP contribution < -0.4 is 10.6 Å². The van der Waals surface area contributed by atoms with E-state index < -0.39 is 0 Å². The Morgan fingerprint density at radius 2 is 2.11 bits per heavy atom. The molecule has 2 aliphatic heterocycles. The van der Waals surface area contributed by atoms with E-state index in [9.17, 15) is 0 Å². The molecular formula is C21H36IN5O. The quantitative estimate of drug-likeness (QED) is 0.342. The summed E-state index contributed by atoms with van der Waals surface area (Å²) >= 11 is 0. The Labute approximate surface area is 186 Å². The van der Waals surface area contributed by atoms with Crippen molar-refractivity contribution in [2.75, 3.05) is 45.9 Å². The number of piperidine rings is 1. The number of ether oxygens (including phenoxy) is 1. The molecule has 2 aliphatic rings. The maximum atomic E-state index is 5.51. The van der Waals surface area contributed by atoms with E-state index >= 15 is 0 Å². The Morgan fingerprint density at radius 1 is 1.29 bits per heavy atom.